The number of nitrogens with zero attached hydrogens (tertiary/aromatic N) is 1. The molecule has 33 heavy (non-hydrogen) atoms. The van der Waals surface area contributed by atoms with Crippen LogP contribution in [0.25, 0.3) is 43.6 Å². The first-order valence-corrected chi connectivity index (χ1v) is 11.7. The average molecular weight is 477 g/mol. The lowest BCUT2D eigenvalue weighted by Gasteiger charge is -2.13. The molecule has 0 amide bonds. The summed E-state index contributed by atoms with van der Waals surface area (Å²) in [6.07, 6.45) is 2.71. The molecular formula is C26H22Cl2N4O. The summed E-state index contributed by atoms with van der Waals surface area (Å²) >= 11 is 12.8. The lowest BCUT2D eigenvalue weighted by Crippen LogP contribution is -2.08. The Morgan fingerprint density at radius 2 is 1.73 bits per heavy atom. The first kappa shape index (κ1) is 20.5. The van der Waals surface area contributed by atoms with E-state index >= 15 is 0 Å². The zero-order chi connectivity index (χ0) is 22.5. The van der Waals surface area contributed by atoms with Gasteiger partial charge in [-0.15, -0.1) is 0 Å². The van der Waals surface area contributed by atoms with E-state index in [9.17, 15) is 0 Å². The molecule has 6 aromatic rings. The van der Waals surface area contributed by atoms with Crippen molar-refractivity contribution < 1.29 is 4.74 Å². The second-order valence-corrected chi connectivity index (χ2v) is 9.15. The van der Waals surface area contributed by atoms with E-state index in [-0.39, 0.29) is 0 Å². The van der Waals surface area contributed by atoms with Crippen LogP contribution in [0.4, 0.5) is 0 Å². The van der Waals surface area contributed by atoms with Crippen LogP contribution in [0, 0.1) is 0 Å². The zero-order valence-electron chi connectivity index (χ0n) is 17.8. The molecule has 0 bridgehead atoms. The van der Waals surface area contributed by atoms with E-state index in [4.69, 9.17) is 33.7 Å². The van der Waals surface area contributed by atoms with Gasteiger partial charge in [-0.05, 0) is 67.6 Å². The molecule has 0 aliphatic carbocycles. The fraction of sp³-hybridized carbons (Fsp3) is 0.154. The van der Waals surface area contributed by atoms with E-state index in [1.54, 1.807) is 0 Å². The summed E-state index contributed by atoms with van der Waals surface area (Å²) < 4.78 is 8.74. The van der Waals surface area contributed by atoms with Crippen LogP contribution in [0.2, 0.25) is 10.0 Å². The third-order valence-electron chi connectivity index (χ3n) is 6.18. The molecule has 5 nitrogen and oxygen atoms in total. The Kier molecular flexibility index (Phi) is 4.98. The first-order chi connectivity index (χ1) is 16.1. The summed E-state index contributed by atoms with van der Waals surface area (Å²) in [5.74, 6) is 0.821. The SMILES string of the molecule is NCCCOc1c2[nH]c3ccc(Cl)cc3c2cc2c3cc(Cl)ccc3n(Cc3ccc[nH]3)c12. The highest BCUT2D eigenvalue weighted by Crippen LogP contribution is 2.43. The minimum atomic E-state index is 0.533. The molecule has 3 heterocycles. The zero-order valence-corrected chi connectivity index (χ0v) is 19.3. The van der Waals surface area contributed by atoms with Crippen LogP contribution in [0.15, 0.2) is 60.8 Å². The summed E-state index contributed by atoms with van der Waals surface area (Å²) in [6.45, 7) is 1.79. The molecule has 6 rings (SSSR count). The molecule has 0 saturated heterocycles. The number of H-pyrrole nitrogens is 2. The van der Waals surface area contributed by atoms with Crippen LogP contribution in [-0.2, 0) is 6.54 Å². The van der Waals surface area contributed by atoms with Crippen LogP contribution in [0.5, 0.6) is 5.75 Å². The molecule has 0 saturated carbocycles. The van der Waals surface area contributed by atoms with Crippen molar-refractivity contribution in [3.8, 4) is 5.75 Å². The molecule has 0 aliphatic rings. The number of nitrogens with two attached hydrogens (primary N) is 1. The molecule has 0 aliphatic heterocycles. The van der Waals surface area contributed by atoms with Gasteiger partial charge in [0, 0.05) is 54.5 Å². The van der Waals surface area contributed by atoms with E-state index in [2.05, 4.69) is 32.7 Å². The van der Waals surface area contributed by atoms with E-state index < -0.39 is 0 Å². The smallest absolute Gasteiger partial charge is 0.167 e. The Morgan fingerprint density at radius 3 is 2.52 bits per heavy atom. The third-order valence-corrected chi connectivity index (χ3v) is 6.65. The van der Waals surface area contributed by atoms with Gasteiger partial charge in [0.2, 0.25) is 0 Å². The number of rotatable bonds is 6. The first-order valence-electron chi connectivity index (χ1n) is 10.9. The second kappa shape index (κ2) is 8.03. The quantitative estimate of drug-likeness (QED) is 0.230. The molecule has 0 spiro atoms. The van der Waals surface area contributed by atoms with Crippen molar-refractivity contribution in [2.45, 2.75) is 13.0 Å². The largest absolute Gasteiger partial charge is 0.489 e. The molecule has 3 aromatic heterocycles. The molecule has 4 N–H and O–H groups in total. The number of nitrogens with one attached hydrogen (secondary N) is 2. The average Bonchev–Trinajstić information content (AvgIpc) is 3.51. The predicted molar refractivity (Wildman–Crippen MR) is 138 cm³/mol. The maximum absolute atomic E-state index is 6.44. The Balaban J connectivity index is 1.75. The van der Waals surface area contributed by atoms with Gasteiger partial charge in [0.05, 0.1) is 24.2 Å². The highest BCUT2D eigenvalue weighted by molar-refractivity contribution is 6.33. The van der Waals surface area contributed by atoms with Crippen LogP contribution in [0.3, 0.4) is 0 Å². The van der Waals surface area contributed by atoms with Gasteiger partial charge in [-0.25, -0.2) is 0 Å². The van der Waals surface area contributed by atoms with E-state index in [0.29, 0.717) is 29.7 Å². The topological polar surface area (TPSA) is 71.8 Å². The number of hydrogen-bond acceptors (Lipinski definition) is 2. The molecule has 0 fully saturated rings. The number of aromatic nitrogens is 3. The minimum absolute atomic E-state index is 0.533. The van der Waals surface area contributed by atoms with Gasteiger partial charge >= 0.3 is 0 Å². The summed E-state index contributed by atoms with van der Waals surface area (Å²) in [7, 11) is 0. The van der Waals surface area contributed by atoms with Crippen molar-refractivity contribution >= 4 is 66.8 Å². The van der Waals surface area contributed by atoms with Crippen molar-refractivity contribution in [3.05, 3.63) is 76.5 Å². The second-order valence-electron chi connectivity index (χ2n) is 8.27. The van der Waals surface area contributed by atoms with Crippen molar-refractivity contribution in [3.63, 3.8) is 0 Å². The summed E-state index contributed by atoms with van der Waals surface area (Å²) in [4.78, 5) is 6.90. The molecule has 7 heteroatoms. The molecule has 0 radical (unpaired) electrons. The summed E-state index contributed by atoms with van der Waals surface area (Å²) in [5, 5.41) is 5.72. The molecule has 0 atom stereocenters. The lowest BCUT2D eigenvalue weighted by atomic mass is 10.1. The van der Waals surface area contributed by atoms with Crippen LogP contribution < -0.4 is 10.5 Å². The van der Waals surface area contributed by atoms with Gasteiger partial charge in [-0.3, -0.25) is 0 Å². The van der Waals surface area contributed by atoms with Crippen molar-refractivity contribution in [2.24, 2.45) is 5.73 Å². The molecule has 0 unspecified atom stereocenters. The number of halogens is 2. The number of ether oxygens (including phenoxy) is 1. The van der Waals surface area contributed by atoms with Gasteiger partial charge in [-0.2, -0.15) is 0 Å². The Labute approximate surface area is 200 Å². The van der Waals surface area contributed by atoms with Crippen LogP contribution in [0.1, 0.15) is 12.1 Å². The highest BCUT2D eigenvalue weighted by atomic mass is 35.5. The number of aromatic amines is 2. The monoisotopic (exact) mass is 476 g/mol. The van der Waals surface area contributed by atoms with E-state index in [1.165, 1.54) is 0 Å². The number of hydrogen-bond donors (Lipinski definition) is 3. The van der Waals surface area contributed by atoms with Crippen LogP contribution >= 0.6 is 23.2 Å². The predicted octanol–water partition coefficient (Wildman–Crippen LogP) is 6.84. The maximum atomic E-state index is 6.44. The molecule has 3 aromatic carbocycles. The Bertz CT molecular complexity index is 1630. The summed E-state index contributed by atoms with van der Waals surface area (Å²) in [5.41, 5.74) is 11.0. The molecular weight excluding hydrogens is 455 g/mol. The molecule has 166 valence electrons. The van der Waals surface area contributed by atoms with E-state index in [1.807, 2.05) is 42.6 Å². The normalized spacial score (nSPS) is 12.0. The maximum Gasteiger partial charge on any atom is 0.167 e. The summed E-state index contributed by atoms with van der Waals surface area (Å²) in [6, 6.07) is 18.3. The lowest BCUT2D eigenvalue weighted by molar-refractivity contribution is 0.319. The van der Waals surface area contributed by atoms with Crippen molar-refractivity contribution in [2.75, 3.05) is 13.2 Å². The Morgan fingerprint density at radius 1 is 0.909 bits per heavy atom. The van der Waals surface area contributed by atoms with Crippen molar-refractivity contribution in [1.29, 1.82) is 0 Å². The van der Waals surface area contributed by atoms with Gasteiger partial charge < -0.3 is 25.0 Å². The fourth-order valence-electron chi connectivity index (χ4n) is 4.72. The van der Waals surface area contributed by atoms with Crippen LogP contribution in [-0.4, -0.2) is 27.7 Å². The Hall–Kier alpha value is -3.12. The van der Waals surface area contributed by atoms with Gasteiger partial charge in [0.25, 0.3) is 0 Å². The van der Waals surface area contributed by atoms with Gasteiger partial charge in [0.15, 0.2) is 5.75 Å². The van der Waals surface area contributed by atoms with Crippen molar-refractivity contribution in [1.82, 2.24) is 14.5 Å². The fourth-order valence-corrected chi connectivity index (χ4v) is 5.06. The number of benzene rings is 3. The standard InChI is InChI=1S/C26H22Cl2N4O/c27-15-4-6-22-18(11-15)20-13-21-19-12-16(28)5-7-23(19)32(14-17-3-1-9-30-17)25(21)26(24(20)31-22)33-10-2-8-29/h1,3-7,9,11-13,30-31H,2,8,10,14,29H2. The highest BCUT2D eigenvalue weighted by Gasteiger charge is 2.21. The van der Waals surface area contributed by atoms with E-state index in [0.717, 1.165) is 61.5 Å². The van der Waals surface area contributed by atoms with Gasteiger partial charge in [0.1, 0.15) is 0 Å². The minimum Gasteiger partial charge on any atom is -0.489 e. The number of fused-ring (bicyclic) bond motifs is 6. The van der Waals surface area contributed by atoms with Gasteiger partial charge in [-0.1, -0.05) is 23.2 Å². The third kappa shape index (κ3) is 3.35.